The molecule has 0 saturated carbocycles. The zero-order valence-electron chi connectivity index (χ0n) is 11.0. The number of aryl methyl sites for hydroxylation is 1. The lowest BCUT2D eigenvalue weighted by Gasteiger charge is -2.24. The lowest BCUT2D eigenvalue weighted by Crippen LogP contribution is -2.22. The quantitative estimate of drug-likeness (QED) is 0.850. The lowest BCUT2D eigenvalue weighted by molar-refractivity contribution is -0.117. The van der Waals surface area contributed by atoms with Gasteiger partial charge in [0, 0.05) is 12.8 Å². The molecule has 6 heteroatoms. The van der Waals surface area contributed by atoms with Crippen LogP contribution in [0.2, 0.25) is 0 Å². The fourth-order valence-corrected chi connectivity index (χ4v) is 1.93. The van der Waals surface area contributed by atoms with Crippen molar-refractivity contribution in [2.75, 3.05) is 6.61 Å². The molecule has 2 aromatic rings. The molecular formula is C14H14N2O4. The third kappa shape index (κ3) is 2.64. The molecule has 0 fully saturated rings. The van der Waals surface area contributed by atoms with Gasteiger partial charge >= 0.3 is 0 Å². The van der Waals surface area contributed by atoms with Gasteiger partial charge in [-0.15, -0.1) is 0 Å². The van der Waals surface area contributed by atoms with Crippen molar-refractivity contribution in [3.05, 3.63) is 36.0 Å². The minimum Gasteiger partial charge on any atom is -0.485 e. The number of ketones is 1. The number of hydrogen-bond donors (Lipinski definition) is 0. The van der Waals surface area contributed by atoms with E-state index >= 15 is 0 Å². The second-order valence-corrected chi connectivity index (χ2v) is 4.61. The summed E-state index contributed by atoms with van der Waals surface area (Å²) < 4.78 is 16.5. The maximum absolute atomic E-state index is 10.9. The monoisotopic (exact) mass is 274 g/mol. The molecule has 0 saturated heterocycles. The fourth-order valence-electron chi connectivity index (χ4n) is 1.93. The van der Waals surface area contributed by atoms with Crippen molar-refractivity contribution in [2.45, 2.75) is 25.9 Å². The maximum Gasteiger partial charge on any atom is 0.227 e. The Morgan fingerprint density at radius 3 is 2.95 bits per heavy atom. The molecule has 0 amide bonds. The molecule has 0 radical (unpaired) electrons. The molecule has 1 atom stereocenters. The summed E-state index contributed by atoms with van der Waals surface area (Å²) in [6.45, 7) is 1.87. The summed E-state index contributed by atoms with van der Waals surface area (Å²) in [6, 6.07) is 7.44. The number of hydrogen-bond acceptors (Lipinski definition) is 6. The first-order chi connectivity index (χ1) is 9.72. The Labute approximate surface area is 115 Å². The molecule has 0 bridgehead atoms. The highest BCUT2D eigenvalue weighted by Crippen LogP contribution is 2.35. The van der Waals surface area contributed by atoms with Crippen LogP contribution in [0.15, 0.2) is 28.8 Å². The highest BCUT2D eigenvalue weighted by atomic mass is 16.6. The van der Waals surface area contributed by atoms with Gasteiger partial charge < -0.3 is 18.8 Å². The summed E-state index contributed by atoms with van der Waals surface area (Å²) in [5, 5.41) is 3.89. The van der Waals surface area contributed by atoms with Crippen LogP contribution in [0.5, 0.6) is 11.5 Å². The van der Waals surface area contributed by atoms with Crippen LogP contribution < -0.4 is 9.47 Å². The number of para-hydroxylation sites is 2. The van der Waals surface area contributed by atoms with Crippen LogP contribution in [-0.2, 0) is 11.2 Å². The first-order valence-electron chi connectivity index (χ1n) is 6.43. The third-order valence-electron chi connectivity index (χ3n) is 2.97. The molecule has 20 heavy (non-hydrogen) atoms. The highest BCUT2D eigenvalue weighted by molar-refractivity contribution is 5.75. The third-order valence-corrected chi connectivity index (χ3v) is 2.97. The minimum absolute atomic E-state index is 0.0935. The minimum atomic E-state index is -0.389. The Morgan fingerprint density at radius 1 is 1.35 bits per heavy atom. The summed E-state index contributed by atoms with van der Waals surface area (Å²) in [6.07, 6.45) is 0.457. The SMILES string of the molecule is CC(=O)CCc1nc(C2COc3ccccc3O2)no1. The van der Waals surface area contributed by atoms with E-state index in [2.05, 4.69) is 10.1 Å². The van der Waals surface area contributed by atoms with Crippen molar-refractivity contribution in [2.24, 2.45) is 0 Å². The molecule has 104 valence electrons. The zero-order valence-corrected chi connectivity index (χ0v) is 11.0. The number of rotatable bonds is 4. The van der Waals surface area contributed by atoms with Gasteiger partial charge in [-0.1, -0.05) is 17.3 Å². The van der Waals surface area contributed by atoms with Crippen LogP contribution in [0, 0.1) is 0 Å². The number of ether oxygens (including phenoxy) is 2. The van der Waals surface area contributed by atoms with E-state index < -0.39 is 0 Å². The molecule has 6 nitrogen and oxygen atoms in total. The van der Waals surface area contributed by atoms with Crippen LogP contribution in [-0.4, -0.2) is 22.5 Å². The van der Waals surface area contributed by atoms with Crippen LogP contribution in [0.25, 0.3) is 0 Å². The average molecular weight is 274 g/mol. The molecule has 2 heterocycles. The van der Waals surface area contributed by atoms with E-state index in [0.717, 1.165) is 0 Å². The summed E-state index contributed by atoms with van der Waals surface area (Å²) >= 11 is 0. The molecule has 0 aliphatic carbocycles. The molecule has 0 spiro atoms. The summed E-state index contributed by atoms with van der Waals surface area (Å²) in [7, 11) is 0. The van der Waals surface area contributed by atoms with E-state index in [1.165, 1.54) is 6.92 Å². The number of Topliss-reactive ketones (excluding diaryl/α,β-unsaturated/α-hetero) is 1. The maximum atomic E-state index is 10.9. The molecule has 3 rings (SSSR count). The van der Waals surface area contributed by atoms with Gasteiger partial charge in [0.15, 0.2) is 17.6 Å². The van der Waals surface area contributed by atoms with Gasteiger partial charge in [0.2, 0.25) is 11.7 Å². The lowest BCUT2D eigenvalue weighted by atomic mass is 10.2. The van der Waals surface area contributed by atoms with E-state index in [-0.39, 0.29) is 11.9 Å². The molecule has 0 N–H and O–H groups in total. The van der Waals surface area contributed by atoms with Crippen molar-refractivity contribution < 1.29 is 18.8 Å². The van der Waals surface area contributed by atoms with Gasteiger partial charge in [0.25, 0.3) is 0 Å². The highest BCUT2D eigenvalue weighted by Gasteiger charge is 2.26. The molecule has 1 aliphatic heterocycles. The Kier molecular flexibility index (Phi) is 3.37. The first-order valence-corrected chi connectivity index (χ1v) is 6.43. The molecule has 1 unspecified atom stereocenters. The standard InChI is InChI=1S/C14H14N2O4/c1-9(17)6-7-13-15-14(16-20-13)12-8-18-10-4-2-3-5-11(10)19-12/h2-5,12H,6-8H2,1H3. The van der Waals surface area contributed by atoms with Gasteiger partial charge in [0.05, 0.1) is 0 Å². The van der Waals surface area contributed by atoms with E-state index in [1.54, 1.807) is 0 Å². The van der Waals surface area contributed by atoms with Crippen molar-refractivity contribution in [1.82, 2.24) is 10.1 Å². The van der Waals surface area contributed by atoms with Crippen LogP contribution in [0.3, 0.4) is 0 Å². The second-order valence-electron chi connectivity index (χ2n) is 4.61. The van der Waals surface area contributed by atoms with Crippen molar-refractivity contribution in [3.63, 3.8) is 0 Å². The molecule has 1 aliphatic rings. The largest absolute Gasteiger partial charge is 0.485 e. The van der Waals surface area contributed by atoms with Gasteiger partial charge in [-0.05, 0) is 19.1 Å². The normalized spacial score (nSPS) is 16.9. The fraction of sp³-hybridized carbons (Fsp3) is 0.357. The second kappa shape index (κ2) is 5.32. The smallest absolute Gasteiger partial charge is 0.227 e. The topological polar surface area (TPSA) is 74.5 Å². The van der Waals surface area contributed by atoms with Gasteiger partial charge in [-0.2, -0.15) is 4.98 Å². The van der Waals surface area contributed by atoms with E-state index in [1.807, 2.05) is 24.3 Å². The Bertz CT molecular complexity index is 623. The summed E-state index contributed by atoms with van der Waals surface area (Å²) in [4.78, 5) is 15.2. The number of benzene rings is 1. The molecular weight excluding hydrogens is 260 g/mol. The van der Waals surface area contributed by atoms with Gasteiger partial charge in [-0.3, -0.25) is 0 Å². The van der Waals surface area contributed by atoms with Gasteiger partial charge in [0.1, 0.15) is 12.4 Å². The van der Waals surface area contributed by atoms with Crippen molar-refractivity contribution >= 4 is 5.78 Å². The number of carbonyl (C=O) groups is 1. The van der Waals surface area contributed by atoms with E-state index in [4.69, 9.17) is 14.0 Å². The van der Waals surface area contributed by atoms with Crippen molar-refractivity contribution in [1.29, 1.82) is 0 Å². The summed E-state index contributed by atoms with van der Waals surface area (Å²) in [5.41, 5.74) is 0. The number of aromatic nitrogens is 2. The molecule has 1 aromatic heterocycles. The van der Waals surface area contributed by atoms with Crippen LogP contribution in [0.4, 0.5) is 0 Å². The Balaban J connectivity index is 1.70. The first kappa shape index (κ1) is 12.7. The Morgan fingerprint density at radius 2 is 2.15 bits per heavy atom. The van der Waals surface area contributed by atoms with Crippen molar-refractivity contribution in [3.8, 4) is 11.5 Å². The predicted octanol–water partition coefficient (Wildman–Crippen LogP) is 2.10. The zero-order chi connectivity index (χ0) is 13.9. The average Bonchev–Trinajstić information content (AvgIpc) is 2.93. The number of carbonyl (C=O) groups excluding carboxylic acids is 1. The van der Waals surface area contributed by atoms with E-state index in [0.29, 0.717) is 42.7 Å². The van der Waals surface area contributed by atoms with Crippen LogP contribution in [0.1, 0.15) is 31.2 Å². The van der Waals surface area contributed by atoms with Crippen LogP contribution >= 0.6 is 0 Å². The Hall–Kier alpha value is -2.37. The summed E-state index contributed by atoms with van der Waals surface area (Å²) in [5.74, 6) is 2.36. The number of nitrogens with zero attached hydrogens (tertiary/aromatic N) is 2. The van der Waals surface area contributed by atoms with Gasteiger partial charge in [-0.25, -0.2) is 0 Å². The predicted molar refractivity (Wildman–Crippen MR) is 68.6 cm³/mol. The number of fused-ring (bicyclic) bond motifs is 1. The van der Waals surface area contributed by atoms with E-state index in [9.17, 15) is 4.79 Å². The molecule has 1 aromatic carbocycles.